The largest absolute Gasteiger partial charge is 0.480 e. The molecule has 2 aromatic rings. The first-order valence-corrected chi connectivity index (χ1v) is 7.89. The van der Waals surface area contributed by atoms with E-state index in [0.717, 1.165) is 0 Å². The summed E-state index contributed by atoms with van der Waals surface area (Å²) in [7, 11) is 0. The fourth-order valence-corrected chi connectivity index (χ4v) is 2.48. The van der Waals surface area contributed by atoms with Crippen molar-refractivity contribution in [2.24, 2.45) is 0 Å². The molecular weight excluding hydrogens is 344 g/mol. The summed E-state index contributed by atoms with van der Waals surface area (Å²) >= 11 is 6.05. The summed E-state index contributed by atoms with van der Waals surface area (Å²) < 4.78 is 0. The molecule has 0 aliphatic carbocycles. The number of rotatable bonds is 6. The van der Waals surface area contributed by atoms with Crippen molar-refractivity contribution in [3.8, 4) is 0 Å². The van der Waals surface area contributed by atoms with Crippen molar-refractivity contribution in [1.29, 1.82) is 0 Å². The molecule has 0 aromatic heterocycles. The lowest BCUT2D eigenvalue weighted by Crippen LogP contribution is -2.42. The van der Waals surface area contributed by atoms with E-state index in [1.165, 1.54) is 19.1 Å². The SMILES string of the molecule is CC(=O)Nc1cccc(C(=O)N[C@@H](Cc2ccccc2Cl)C(=O)O)c1. The van der Waals surface area contributed by atoms with Crippen LogP contribution in [0.15, 0.2) is 48.5 Å². The highest BCUT2D eigenvalue weighted by Crippen LogP contribution is 2.17. The second kappa shape index (κ2) is 8.30. The third-order valence-corrected chi connectivity index (χ3v) is 3.80. The average molecular weight is 361 g/mol. The van der Waals surface area contributed by atoms with E-state index in [4.69, 9.17) is 11.6 Å². The highest BCUT2D eigenvalue weighted by atomic mass is 35.5. The summed E-state index contributed by atoms with van der Waals surface area (Å²) in [6, 6.07) is 12.0. The average Bonchev–Trinajstić information content (AvgIpc) is 2.55. The topological polar surface area (TPSA) is 95.5 Å². The van der Waals surface area contributed by atoms with Gasteiger partial charge in [-0.1, -0.05) is 35.9 Å². The molecule has 0 saturated heterocycles. The first kappa shape index (κ1) is 18.5. The van der Waals surface area contributed by atoms with Gasteiger partial charge in [-0.15, -0.1) is 0 Å². The minimum atomic E-state index is -1.16. The van der Waals surface area contributed by atoms with Crippen molar-refractivity contribution >= 4 is 35.1 Å². The highest BCUT2D eigenvalue weighted by molar-refractivity contribution is 6.31. The van der Waals surface area contributed by atoms with Gasteiger partial charge in [-0.05, 0) is 29.8 Å². The fourth-order valence-electron chi connectivity index (χ4n) is 2.27. The Morgan fingerprint density at radius 2 is 1.84 bits per heavy atom. The van der Waals surface area contributed by atoms with Crippen molar-refractivity contribution in [1.82, 2.24) is 5.32 Å². The van der Waals surface area contributed by atoms with Crippen LogP contribution in [-0.2, 0) is 16.0 Å². The summed E-state index contributed by atoms with van der Waals surface area (Å²) in [6.45, 7) is 1.36. The number of hydrogen-bond acceptors (Lipinski definition) is 3. The normalized spacial score (nSPS) is 11.4. The smallest absolute Gasteiger partial charge is 0.326 e. The van der Waals surface area contributed by atoms with Crippen LogP contribution < -0.4 is 10.6 Å². The molecule has 7 heteroatoms. The third-order valence-electron chi connectivity index (χ3n) is 3.43. The van der Waals surface area contributed by atoms with Crippen LogP contribution in [0.3, 0.4) is 0 Å². The van der Waals surface area contributed by atoms with Crippen molar-refractivity contribution in [3.63, 3.8) is 0 Å². The number of nitrogens with one attached hydrogen (secondary N) is 2. The van der Waals surface area contributed by atoms with Gasteiger partial charge in [0.15, 0.2) is 0 Å². The van der Waals surface area contributed by atoms with E-state index in [0.29, 0.717) is 16.3 Å². The molecule has 0 spiro atoms. The van der Waals surface area contributed by atoms with Gasteiger partial charge in [-0.3, -0.25) is 9.59 Å². The molecule has 2 rings (SSSR count). The molecule has 0 aliphatic rings. The van der Waals surface area contributed by atoms with Crippen LogP contribution in [-0.4, -0.2) is 28.9 Å². The zero-order valence-corrected chi connectivity index (χ0v) is 14.2. The summed E-state index contributed by atoms with van der Waals surface area (Å²) in [4.78, 5) is 34.9. The lowest BCUT2D eigenvalue weighted by atomic mass is 10.1. The Morgan fingerprint density at radius 3 is 2.48 bits per heavy atom. The molecular formula is C18H17ClN2O4. The number of carbonyl (C=O) groups excluding carboxylic acids is 2. The Morgan fingerprint density at radius 1 is 1.12 bits per heavy atom. The Hall–Kier alpha value is -2.86. The molecule has 0 saturated carbocycles. The Balaban J connectivity index is 2.14. The lowest BCUT2D eigenvalue weighted by molar-refractivity contribution is -0.139. The maximum Gasteiger partial charge on any atom is 0.326 e. The monoisotopic (exact) mass is 360 g/mol. The summed E-state index contributed by atoms with van der Waals surface area (Å²) in [6.07, 6.45) is 0.0616. The Bertz CT molecular complexity index is 807. The lowest BCUT2D eigenvalue weighted by Gasteiger charge is -2.16. The van der Waals surface area contributed by atoms with Gasteiger partial charge in [-0.25, -0.2) is 4.79 Å². The molecule has 25 heavy (non-hydrogen) atoms. The van der Waals surface area contributed by atoms with Crippen LogP contribution in [0.4, 0.5) is 5.69 Å². The first-order valence-electron chi connectivity index (χ1n) is 7.51. The van der Waals surface area contributed by atoms with E-state index in [1.54, 1.807) is 36.4 Å². The predicted molar refractivity (Wildman–Crippen MR) is 94.8 cm³/mol. The minimum absolute atomic E-state index is 0.0616. The van der Waals surface area contributed by atoms with Crippen molar-refractivity contribution in [3.05, 3.63) is 64.7 Å². The molecule has 2 aromatic carbocycles. The van der Waals surface area contributed by atoms with E-state index >= 15 is 0 Å². The second-order valence-corrected chi connectivity index (χ2v) is 5.83. The standard InChI is InChI=1S/C18H17ClN2O4/c1-11(22)20-14-7-4-6-13(9-14)17(23)21-16(18(24)25)10-12-5-2-3-8-15(12)19/h2-9,16H,10H2,1H3,(H,20,22)(H,21,23)(H,24,25)/t16-/m0/s1. The maximum absolute atomic E-state index is 12.4. The van der Waals surface area contributed by atoms with Crippen LogP contribution in [0.2, 0.25) is 5.02 Å². The zero-order valence-electron chi connectivity index (χ0n) is 13.5. The number of anilines is 1. The molecule has 1 atom stereocenters. The molecule has 0 aliphatic heterocycles. The zero-order chi connectivity index (χ0) is 18.4. The first-order chi connectivity index (χ1) is 11.9. The van der Waals surface area contributed by atoms with Gasteiger partial charge in [0, 0.05) is 29.6 Å². The number of aliphatic carboxylic acids is 1. The molecule has 3 N–H and O–H groups in total. The third kappa shape index (κ3) is 5.32. The maximum atomic E-state index is 12.4. The molecule has 6 nitrogen and oxygen atoms in total. The van der Waals surface area contributed by atoms with Crippen molar-refractivity contribution < 1.29 is 19.5 Å². The van der Waals surface area contributed by atoms with E-state index in [1.807, 2.05) is 0 Å². The summed E-state index contributed by atoms with van der Waals surface area (Å²) in [5.74, 6) is -1.97. The predicted octanol–water partition coefficient (Wildman–Crippen LogP) is 2.72. The van der Waals surface area contributed by atoms with E-state index < -0.39 is 17.9 Å². The summed E-state index contributed by atoms with van der Waals surface area (Å²) in [5, 5.41) is 14.9. The van der Waals surface area contributed by atoms with Gasteiger partial charge in [-0.2, -0.15) is 0 Å². The number of carbonyl (C=O) groups is 3. The fraction of sp³-hybridized carbons (Fsp3) is 0.167. The van der Waals surface area contributed by atoms with Crippen LogP contribution in [0, 0.1) is 0 Å². The number of hydrogen-bond donors (Lipinski definition) is 3. The Labute approximate surface area is 149 Å². The van der Waals surface area contributed by atoms with E-state index in [2.05, 4.69) is 10.6 Å². The van der Waals surface area contributed by atoms with Crippen LogP contribution in [0.25, 0.3) is 0 Å². The van der Waals surface area contributed by atoms with Gasteiger partial charge in [0.1, 0.15) is 6.04 Å². The van der Waals surface area contributed by atoms with Gasteiger partial charge < -0.3 is 15.7 Å². The molecule has 0 bridgehead atoms. The van der Waals surface area contributed by atoms with E-state index in [9.17, 15) is 19.5 Å². The molecule has 0 fully saturated rings. The van der Waals surface area contributed by atoms with Crippen LogP contribution in [0.1, 0.15) is 22.8 Å². The number of halogens is 1. The number of carboxylic acids is 1. The highest BCUT2D eigenvalue weighted by Gasteiger charge is 2.22. The molecule has 0 unspecified atom stereocenters. The van der Waals surface area contributed by atoms with Crippen LogP contribution in [0.5, 0.6) is 0 Å². The second-order valence-electron chi connectivity index (χ2n) is 5.42. The van der Waals surface area contributed by atoms with E-state index in [-0.39, 0.29) is 17.9 Å². The van der Waals surface area contributed by atoms with Crippen molar-refractivity contribution in [2.75, 3.05) is 5.32 Å². The van der Waals surface area contributed by atoms with Crippen LogP contribution >= 0.6 is 11.6 Å². The van der Waals surface area contributed by atoms with Gasteiger partial charge >= 0.3 is 5.97 Å². The summed E-state index contributed by atoms with van der Waals surface area (Å²) in [5.41, 5.74) is 1.33. The molecule has 130 valence electrons. The van der Waals surface area contributed by atoms with Crippen molar-refractivity contribution in [2.45, 2.75) is 19.4 Å². The quantitative estimate of drug-likeness (QED) is 0.738. The molecule has 2 amide bonds. The van der Waals surface area contributed by atoms with Gasteiger partial charge in [0.2, 0.25) is 5.91 Å². The Kier molecular flexibility index (Phi) is 6.14. The van der Waals surface area contributed by atoms with Gasteiger partial charge in [0.25, 0.3) is 5.91 Å². The number of amides is 2. The van der Waals surface area contributed by atoms with Gasteiger partial charge in [0.05, 0.1) is 0 Å². The molecule has 0 radical (unpaired) electrons. The number of carboxylic acid groups (broad SMARTS) is 1. The number of benzene rings is 2. The molecule has 0 heterocycles. The minimum Gasteiger partial charge on any atom is -0.480 e.